The van der Waals surface area contributed by atoms with Crippen molar-refractivity contribution in [3.8, 4) is 0 Å². The third kappa shape index (κ3) is 3.77. The summed E-state index contributed by atoms with van der Waals surface area (Å²) < 4.78 is 5.22. The van der Waals surface area contributed by atoms with Crippen LogP contribution in [0.5, 0.6) is 0 Å². The number of hydrogen-bond acceptors (Lipinski definition) is 3. The first-order valence-electron chi connectivity index (χ1n) is 7.98. The first kappa shape index (κ1) is 15.3. The number of aromatic nitrogens is 1. The van der Waals surface area contributed by atoms with E-state index >= 15 is 0 Å². The van der Waals surface area contributed by atoms with Gasteiger partial charge in [0.25, 0.3) is 0 Å². The van der Waals surface area contributed by atoms with E-state index in [4.69, 9.17) is 4.52 Å². The average molecular weight is 308 g/mol. The Bertz CT molecular complexity index is 790. The van der Waals surface area contributed by atoms with E-state index < -0.39 is 0 Å². The van der Waals surface area contributed by atoms with Crippen molar-refractivity contribution in [2.75, 3.05) is 5.32 Å². The molecule has 1 amide bonds. The Balaban J connectivity index is 1.63. The number of hydrogen-bond donors (Lipinski definition) is 1. The van der Waals surface area contributed by atoms with Gasteiger partial charge in [0, 0.05) is 11.1 Å². The number of nitrogens with one attached hydrogen (secondary N) is 1. The van der Waals surface area contributed by atoms with E-state index in [9.17, 15) is 4.79 Å². The summed E-state index contributed by atoms with van der Waals surface area (Å²) in [6.07, 6.45) is 3.65. The van der Waals surface area contributed by atoms with Gasteiger partial charge in [0.15, 0.2) is 5.58 Å². The second-order valence-electron chi connectivity index (χ2n) is 5.65. The molecular weight excluding hydrogens is 288 g/mol. The van der Waals surface area contributed by atoms with Crippen molar-refractivity contribution in [2.24, 2.45) is 0 Å². The smallest absolute Gasteiger partial charge is 0.230 e. The van der Waals surface area contributed by atoms with Crippen molar-refractivity contribution in [3.63, 3.8) is 0 Å². The molecule has 0 unspecified atom stereocenters. The summed E-state index contributed by atoms with van der Waals surface area (Å²) in [5, 5.41) is 7.78. The van der Waals surface area contributed by atoms with E-state index in [-0.39, 0.29) is 12.3 Å². The van der Waals surface area contributed by atoms with E-state index in [1.807, 2.05) is 36.4 Å². The molecule has 0 saturated carbocycles. The van der Waals surface area contributed by atoms with Crippen LogP contribution < -0.4 is 5.32 Å². The van der Waals surface area contributed by atoms with E-state index in [1.165, 1.54) is 18.4 Å². The Morgan fingerprint density at radius 2 is 1.91 bits per heavy atom. The molecule has 0 spiro atoms. The van der Waals surface area contributed by atoms with Gasteiger partial charge in [-0.25, -0.2) is 0 Å². The quantitative estimate of drug-likeness (QED) is 0.736. The Hall–Kier alpha value is -2.62. The van der Waals surface area contributed by atoms with Crippen molar-refractivity contribution in [3.05, 3.63) is 59.8 Å². The minimum atomic E-state index is -0.0923. The zero-order chi connectivity index (χ0) is 16.1. The van der Waals surface area contributed by atoms with Gasteiger partial charge in [-0.1, -0.05) is 42.8 Å². The molecule has 3 aromatic rings. The average Bonchev–Trinajstić information content (AvgIpc) is 2.97. The lowest BCUT2D eigenvalue weighted by Gasteiger charge is -2.06. The lowest BCUT2D eigenvalue weighted by Crippen LogP contribution is -2.14. The molecule has 0 atom stereocenters. The summed E-state index contributed by atoms with van der Waals surface area (Å²) in [4.78, 5) is 12.2. The molecule has 1 heterocycles. The van der Waals surface area contributed by atoms with Crippen LogP contribution in [0, 0.1) is 0 Å². The van der Waals surface area contributed by atoms with Gasteiger partial charge in [-0.15, -0.1) is 0 Å². The Kier molecular flexibility index (Phi) is 4.71. The number of para-hydroxylation sites is 1. The summed E-state index contributed by atoms with van der Waals surface area (Å²) in [7, 11) is 0. The molecule has 0 radical (unpaired) electrons. The van der Waals surface area contributed by atoms with Crippen LogP contribution in [0.15, 0.2) is 53.1 Å². The lowest BCUT2D eigenvalue weighted by atomic mass is 10.1. The van der Waals surface area contributed by atoms with Gasteiger partial charge < -0.3 is 9.84 Å². The third-order valence-electron chi connectivity index (χ3n) is 3.84. The largest absolute Gasteiger partial charge is 0.356 e. The summed E-state index contributed by atoms with van der Waals surface area (Å²) in [6, 6.07) is 15.6. The normalized spacial score (nSPS) is 10.8. The highest BCUT2D eigenvalue weighted by atomic mass is 16.5. The van der Waals surface area contributed by atoms with Gasteiger partial charge in [0.1, 0.15) is 5.69 Å². The summed E-state index contributed by atoms with van der Waals surface area (Å²) in [6.45, 7) is 2.18. The van der Waals surface area contributed by atoms with Gasteiger partial charge in [-0.05, 0) is 42.7 Å². The number of rotatable bonds is 6. The number of carbonyl (C=O) groups is 1. The fourth-order valence-corrected chi connectivity index (χ4v) is 2.56. The van der Waals surface area contributed by atoms with Crippen molar-refractivity contribution < 1.29 is 9.32 Å². The van der Waals surface area contributed by atoms with Crippen LogP contribution in [0.25, 0.3) is 11.0 Å². The van der Waals surface area contributed by atoms with Crippen molar-refractivity contribution >= 4 is 22.6 Å². The Morgan fingerprint density at radius 3 is 2.70 bits per heavy atom. The topological polar surface area (TPSA) is 55.1 Å². The van der Waals surface area contributed by atoms with Gasteiger partial charge >= 0.3 is 0 Å². The molecule has 0 saturated heterocycles. The van der Waals surface area contributed by atoms with Gasteiger partial charge in [-0.2, -0.15) is 0 Å². The minimum Gasteiger partial charge on any atom is -0.356 e. The Morgan fingerprint density at radius 1 is 1.13 bits per heavy atom. The molecule has 0 aliphatic rings. The third-order valence-corrected chi connectivity index (χ3v) is 3.84. The number of benzene rings is 2. The predicted molar refractivity (Wildman–Crippen MR) is 91.4 cm³/mol. The van der Waals surface area contributed by atoms with Crippen LogP contribution in [-0.2, 0) is 17.6 Å². The maximum Gasteiger partial charge on any atom is 0.230 e. The number of unbranched alkanes of at least 4 members (excludes halogenated alkanes) is 1. The van der Waals surface area contributed by atoms with Crippen molar-refractivity contribution in [1.82, 2.24) is 5.16 Å². The number of carbonyl (C=O) groups excluding carboxylic acids is 1. The molecule has 4 nitrogen and oxygen atoms in total. The number of fused-ring (bicyclic) bond motifs is 1. The second kappa shape index (κ2) is 7.09. The molecule has 2 aromatic carbocycles. The molecule has 23 heavy (non-hydrogen) atoms. The molecule has 0 bridgehead atoms. The SMILES string of the molecule is CCCCc1ccc(NC(=O)Cc2noc3ccccc23)cc1. The molecular formula is C19H20N2O2. The molecule has 3 rings (SSSR count). The first-order chi connectivity index (χ1) is 11.3. The zero-order valence-electron chi connectivity index (χ0n) is 13.2. The maximum absolute atomic E-state index is 12.2. The van der Waals surface area contributed by atoms with Crippen LogP contribution in [0.4, 0.5) is 5.69 Å². The summed E-state index contributed by atoms with van der Waals surface area (Å²) >= 11 is 0. The second-order valence-corrected chi connectivity index (χ2v) is 5.65. The van der Waals surface area contributed by atoms with Crippen molar-refractivity contribution in [2.45, 2.75) is 32.6 Å². The van der Waals surface area contributed by atoms with Crippen LogP contribution in [0.2, 0.25) is 0 Å². The first-order valence-corrected chi connectivity index (χ1v) is 7.98. The standard InChI is InChI=1S/C19H20N2O2/c1-2-3-6-14-9-11-15(12-10-14)20-19(22)13-17-16-7-4-5-8-18(16)23-21-17/h4-5,7-12H,2-3,6,13H2,1H3,(H,20,22). The Labute approximate surface area is 135 Å². The van der Waals surface area contributed by atoms with Crippen LogP contribution >= 0.6 is 0 Å². The molecule has 1 N–H and O–H groups in total. The van der Waals surface area contributed by atoms with Gasteiger partial charge in [-0.3, -0.25) is 4.79 Å². The minimum absolute atomic E-state index is 0.0923. The fourth-order valence-electron chi connectivity index (χ4n) is 2.56. The number of anilines is 1. The van der Waals surface area contributed by atoms with Crippen LogP contribution in [0.1, 0.15) is 31.0 Å². The maximum atomic E-state index is 12.2. The molecule has 0 aliphatic carbocycles. The number of nitrogens with zero attached hydrogens (tertiary/aromatic N) is 1. The van der Waals surface area contributed by atoms with E-state index in [2.05, 4.69) is 29.5 Å². The van der Waals surface area contributed by atoms with Crippen LogP contribution in [0.3, 0.4) is 0 Å². The highest BCUT2D eigenvalue weighted by molar-refractivity contribution is 5.94. The molecule has 1 aromatic heterocycles. The fraction of sp³-hybridized carbons (Fsp3) is 0.263. The molecule has 4 heteroatoms. The number of amides is 1. The highest BCUT2D eigenvalue weighted by Crippen LogP contribution is 2.19. The van der Waals surface area contributed by atoms with Crippen LogP contribution in [-0.4, -0.2) is 11.1 Å². The van der Waals surface area contributed by atoms with Gasteiger partial charge in [0.2, 0.25) is 5.91 Å². The van der Waals surface area contributed by atoms with E-state index in [0.29, 0.717) is 11.3 Å². The summed E-state index contributed by atoms with van der Waals surface area (Å²) in [5.74, 6) is -0.0923. The highest BCUT2D eigenvalue weighted by Gasteiger charge is 2.12. The molecule has 0 aliphatic heterocycles. The monoisotopic (exact) mass is 308 g/mol. The summed E-state index contributed by atoms with van der Waals surface area (Å²) in [5.41, 5.74) is 3.48. The van der Waals surface area contributed by atoms with Gasteiger partial charge in [0.05, 0.1) is 6.42 Å². The van der Waals surface area contributed by atoms with Crippen molar-refractivity contribution in [1.29, 1.82) is 0 Å². The number of aryl methyl sites for hydroxylation is 1. The lowest BCUT2D eigenvalue weighted by molar-refractivity contribution is -0.115. The predicted octanol–water partition coefficient (Wildman–Crippen LogP) is 4.35. The molecule has 118 valence electrons. The zero-order valence-corrected chi connectivity index (χ0v) is 13.2. The van der Waals surface area contributed by atoms with E-state index in [1.54, 1.807) is 0 Å². The van der Waals surface area contributed by atoms with E-state index in [0.717, 1.165) is 17.5 Å². The molecule has 0 fully saturated rings.